The lowest BCUT2D eigenvalue weighted by molar-refractivity contribution is -0.106. The van der Waals surface area contributed by atoms with Crippen LogP contribution in [0.5, 0.6) is 0 Å². The Hall–Kier alpha value is -1.25. The summed E-state index contributed by atoms with van der Waals surface area (Å²) in [5, 5.41) is 3.13. The monoisotopic (exact) mass is 224 g/mol. The van der Waals surface area contributed by atoms with Crippen molar-refractivity contribution in [3.63, 3.8) is 0 Å². The first-order valence-corrected chi connectivity index (χ1v) is 5.86. The average Bonchev–Trinajstić information content (AvgIpc) is 2.30. The molecular formula is C13H24N2O. The second-order valence-corrected chi connectivity index (χ2v) is 4.06. The van der Waals surface area contributed by atoms with E-state index in [4.69, 9.17) is 4.79 Å². The van der Waals surface area contributed by atoms with Crippen molar-refractivity contribution in [1.82, 2.24) is 5.32 Å². The zero-order valence-corrected chi connectivity index (χ0v) is 10.5. The maximum absolute atomic E-state index is 8.58. The molecule has 0 aromatic heterocycles. The summed E-state index contributed by atoms with van der Waals surface area (Å²) in [6.07, 6.45) is 8.93. The number of rotatable bonds is 4. The zero-order chi connectivity index (χ0) is 12.4. The second-order valence-electron chi connectivity index (χ2n) is 4.06. The van der Waals surface area contributed by atoms with Crippen LogP contribution in [0, 0.1) is 5.92 Å². The Morgan fingerprint density at radius 1 is 1.75 bits per heavy atom. The smallest absolute Gasteiger partial charge is 0.204 e. The van der Waals surface area contributed by atoms with Crippen LogP contribution in [-0.4, -0.2) is 13.5 Å². The zero-order valence-electron chi connectivity index (χ0n) is 10.5. The van der Waals surface area contributed by atoms with E-state index in [1.54, 1.807) is 5.57 Å². The third kappa shape index (κ3) is 6.27. The third-order valence-corrected chi connectivity index (χ3v) is 2.90. The van der Waals surface area contributed by atoms with Crippen LogP contribution in [0.2, 0.25) is 0 Å². The molecule has 0 aliphatic heterocycles. The minimum atomic E-state index is 0.250. The fourth-order valence-corrected chi connectivity index (χ4v) is 1.99. The SMILES string of the molecule is C=C(CC1CCC=C(CC)C1)NC.NC=O. The van der Waals surface area contributed by atoms with Gasteiger partial charge in [-0.05, 0) is 38.0 Å². The van der Waals surface area contributed by atoms with Crippen LogP contribution in [0.25, 0.3) is 0 Å². The van der Waals surface area contributed by atoms with Crippen LogP contribution in [0.1, 0.15) is 39.0 Å². The fourth-order valence-electron chi connectivity index (χ4n) is 1.99. The Morgan fingerprint density at radius 2 is 2.38 bits per heavy atom. The molecule has 0 heterocycles. The van der Waals surface area contributed by atoms with Crippen molar-refractivity contribution in [2.75, 3.05) is 7.05 Å². The van der Waals surface area contributed by atoms with Crippen molar-refractivity contribution in [3.8, 4) is 0 Å². The number of amides is 1. The Morgan fingerprint density at radius 3 is 2.88 bits per heavy atom. The fraction of sp³-hybridized carbons (Fsp3) is 0.615. The van der Waals surface area contributed by atoms with Gasteiger partial charge in [0.15, 0.2) is 0 Å². The standard InChI is InChI=1S/C12H21N.CH3NO/c1-4-11-6-5-7-12(9-11)8-10(2)13-3;2-1-3/h6,12-13H,2,4-5,7-9H2,1,3H3;1H,(H2,2,3). The van der Waals surface area contributed by atoms with Gasteiger partial charge in [-0.3, -0.25) is 4.79 Å². The van der Waals surface area contributed by atoms with E-state index in [1.165, 1.54) is 31.4 Å². The van der Waals surface area contributed by atoms with Crippen molar-refractivity contribution in [2.45, 2.75) is 39.0 Å². The minimum Gasteiger partial charge on any atom is -0.392 e. The van der Waals surface area contributed by atoms with Crippen LogP contribution < -0.4 is 11.1 Å². The number of carbonyl (C=O) groups is 1. The van der Waals surface area contributed by atoms with Gasteiger partial charge in [0.25, 0.3) is 0 Å². The van der Waals surface area contributed by atoms with Crippen LogP contribution >= 0.6 is 0 Å². The van der Waals surface area contributed by atoms with Crippen molar-refractivity contribution < 1.29 is 4.79 Å². The molecule has 1 atom stereocenters. The molecule has 1 rings (SSSR count). The van der Waals surface area contributed by atoms with Gasteiger partial charge in [-0.1, -0.05) is 25.2 Å². The Bertz CT molecular complexity index is 246. The number of hydrogen-bond acceptors (Lipinski definition) is 2. The summed E-state index contributed by atoms with van der Waals surface area (Å²) in [7, 11) is 1.96. The van der Waals surface area contributed by atoms with Crippen LogP contribution in [0.4, 0.5) is 0 Å². The lowest BCUT2D eigenvalue weighted by Gasteiger charge is -2.22. The van der Waals surface area contributed by atoms with Gasteiger partial charge < -0.3 is 11.1 Å². The first kappa shape index (κ1) is 14.8. The van der Waals surface area contributed by atoms with Gasteiger partial charge in [0.05, 0.1) is 0 Å². The first-order valence-electron chi connectivity index (χ1n) is 5.86. The summed E-state index contributed by atoms with van der Waals surface area (Å²) in [4.78, 5) is 8.58. The number of allylic oxidation sites excluding steroid dienone is 3. The summed E-state index contributed by atoms with van der Waals surface area (Å²) in [5.74, 6) is 0.833. The number of hydrogen-bond donors (Lipinski definition) is 2. The molecule has 1 aliphatic rings. The predicted molar refractivity (Wildman–Crippen MR) is 68.8 cm³/mol. The van der Waals surface area contributed by atoms with Gasteiger partial charge in [0.2, 0.25) is 6.41 Å². The average molecular weight is 224 g/mol. The number of carbonyl (C=O) groups excluding carboxylic acids is 1. The maximum atomic E-state index is 8.58. The molecule has 0 aromatic rings. The summed E-state index contributed by atoms with van der Waals surface area (Å²) in [5.41, 5.74) is 6.99. The molecule has 1 unspecified atom stereocenters. The van der Waals surface area contributed by atoms with Gasteiger partial charge in [-0.15, -0.1) is 0 Å². The molecule has 1 aliphatic carbocycles. The van der Waals surface area contributed by atoms with E-state index >= 15 is 0 Å². The normalized spacial score (nSPS) is 18.9. The number of nitrogens with two attached hydrogens (primary N) is 1. The molecule has 92 valence electrons. The summed E-state index contributed by atoms with van der Waals surface area (Å²) >= 11 is 0. The first-order chi connectivity index (χ1) is 7.67. The Kier molecular flexibility index (Phi) is 8.31. The van der Waals surface area contributed by atoms with E-state index in [-0.39, 0.29) is 6.41 Å². The van der Waals surface area contributed by atoms with E-state index in [0.717, 1.165) is 12.3 Å². The lowest BCUT2D eigenvalue weighted by Crippen LogP contribution is -2.13. The minimum absolute atomic E-state index is 0.250. The van der Waals surface area contributed by atoms with Gasteiger partial charge >= 0.3 is 0 Å². The van der Waals surface area contributed by atoms with Gasteiger partial charge in [0.1, 0.15) is 0 Å². The molecule has 0 saturated carbocycles. The van der Waals surface area contributed by atoms with Crippen LogP contribution in [0.3, 0.4) is 0 Å². The van der Waals surface area contributed by atoms with Gasteiger partial charge in [-0.25, -0.2) is 0 Å². The third-order valence-electron chi connectivity index (χ3n) is 2.90. The lowest BCUT2D eigenvalue weighted by atomic mass is 9.85. The molecule has 3 heteroatoms. The largest absolute Gasteiger partial charge is 0.392 e. The highest BCUT2D eigenvalue weighted by molar-refractivity contribution is 5.42. The highest BCUT2D eigenvalue weighted by atomic mass is 16.1. The molecule has 3 N–H and O–H groups in total. The predicted octanol–water partition coefficient (Wildman–Crippen LogP) is 2.35. The quantitative estimate of drug-likeness (QED) is 0.569. The van der Waals surface area contributed by atoms with E-state index < -0.39 is 0 Å². The second kappa shape index (κ2) is 9.01. The highest BCUT2D eigenvalue weighted by Crippen LogP contribution is 2.29. The van der Waals surface area contributed by atoms with E-state index in [0.29, 0.717) is 0 Å². The molecule has 0 bridgehead atoms. The van der Waals surface area contributed by atoms with Crippen molar-refractivity contribution >= 4 is 6.41 Å². The highest BCUT2D eigenvalue weighted by Gasteiger charge is 2.14. The van der Waals surface area contributed by atoms with Gasteiger partial charge in [-0.2, -0.15) is 0 Å². The molecule has 0 spiro atoms. The molecule has 0 aromatic carbocycles. The number of nitrogens with one attached hydrogen (secondary N) is 1. The molecular weight excluding hydrogens is 200 g/mol. The van der Waals surface area contributed by atoms with Crippen molar-refractivity contribution in [1.29, 1.82) is 0 Å². The van der Waals surface area contributed by atoms with Crippen LogP contribution in [0.15, 0.2) is 23.9 Å². The summed E-state index contributed by atoms with van der Waals surface area (Å²) in [6.45, 7) is 6.24. The van der Waals surface area contributed by atoms with Crippen molar-refractivity contribution in [2.24, 2.45) is 11.7 Å². The Labute approximate surface area is 98.8 Å². The number of primary amides is 1. The van der Waals surface area contributed by atoms with Crippen molar-refractivity contribution in [3.05, 3.63) is 23.9 Å². The van der Waals surface area contributed by atoms with Crippen LogP contribution in [-0.2, 0) is 4.79 Å². The summed E-state index contributed by atoms with van der Waals surface area (Å²) in [6, 6.07) is 0. The Balaban J connectivity index is 0.000000673. The molecule has 1 amide bonds. The molecule has 3 nitrogen and oxygen atoms in total. The van der Waals surface area contributed by atoms with E-state index in [2.05, 4.69) is 30.6 Å². The van der Waals surface area contributed by atoms with Gasteiger partial charge in [0, 0.05) is 12.7 Å². The maximum Gasteiger partial charge on any atom is 0.204 e. The topological polar surface area (TPSA) is 55.1 Å². The molecule has 0 radical (unpaired) electrons. The molecule has 0 fully saturated rings. The summed E-state index contributed by atoms with van der Waals surface area (Å²) < 4.78 is 0. The molecule has 16 heavy (non-hydrogen) atoms. The molecule has 0 saturated heterocycles. The van der Waals surface area contributed by atoms with E-state index in [1.807, 2.05) is 7.05 Å². The van der Waals surface area contributed by atoms with E-state index in [9.17, 15) is 0 Å².